The maximum atomic E-state index is 12.5. The molecule has 3 rings (SSSR count). The molecule has 0 aromatic heterocycles. The number of rotatable bonds is 4. The SMILES string of the molecule is C[C@H](NC(=O)O[C@@H]1Cc2cc(OC(F)(F)F)ccc2OC1(C)C)C1=CCCCC1. The Balaban J connectivity index is 1.67. The van der Waals surface area contributed by atoms with Crippen LogP contribution in [0, 0.1) is 0 Å². The van der Waals surface area contributed by atoms with E-state index in [1.807, 2.05) is 6.92 Å². The predicted molar refractivity (Wildman–Crippen MR) is 101 cm³/mol. The number of carbonyl (C=O) groups excluding carboxylic acids is 1. The first-order chi connectivity index (χ1) is 13.5. The molecule has 0 fully saturated rings. The number of alkyl carbamates (subject to hydrolysis) is 1. The number of amides is 1. The lowest BCUT2D eigenvalue weighted by Gasteiger charge is -2.39. The average Bonchev–Trinajstić information content (AvgIpc) is 2.62. The van der Waals surface area contributed by atoms with E-state index in [0.717, 1.165) is 25.7 Å². The van der Waals surface area contributed by atoms with Gasteiger partial charge in [0.05, 0.1) is 6.04 Å². The van der Waals surface area contributed by atoms with Crippen molar-refractivity contribution >= 4 is 6.09 Å². The molecule has 2 aliphatic rings. The number of benzene rings is 1. The molecule has 0 unspecified atom stereocenters. The monoisotopic (exact) mass is 413 g/mol. The van der Waals surface area contributed by atoms with Crippen LogP contribution in [0.5, 0.6) is 11.5 Å². The number of carbonyl (C=O) groups is 1. The highest BCUT2D eigenvalue weighted by Gasteiger charge is 2.40. The molecular weight excluding hydrogens is 387 g/mol. The van der Waals surface area contributed by atoms with Crippen LogP contribution in [0.15, 0.2) is 29.8 Å². The summed E-state index contributed by atoms with van der Waals surface area (Å²) < 4.78 is 52.9. The summed E-state index contributed by atoms with van der Waals surface area (Å²) >= 11 is 0. The minimum Gasteiger partial charge on any atom is -0.484 e. The third-order valence-corrected chi connectivity index (χ3v) is 5.29. The minimum atomic E-state index is -4.78. The molecule has 0 spiro atoms. The zero-order valence-corrected chi connectivity index (χ0v) is 16.8. The van der Waals surface area contributed by atoms with E-state index in [4.69, 9.17) is 9.47 Å². The van der Waals surface area contributed by atoms with Crippen LogP contribution in [0.1, 0.15) is 52.0 Å². The highest BCUT2D eigenvalue weighted by molar-refractivity contribution is 5.68. The summed E-state index contributed by atoms with van der Waals surface area (Å²) in [5.41, 5.74) is 0.850. The third kappa shape index (κ3) is 5.58. The zero-order chi connectivity index (χ0) is 21.2. The van der Waals surface area contributed by atoms with Crippen LogP contribution in [-0.4, -0.2) is 30.2 Å². The van der Waals surface area contributed by atoms with Gasteiger partial charge in [0.25, 0.3) is 0 Å². The molecule has 1 aliphatic heterocycles. The van der Waals surface area contributed by atoms with E-state index in [9.17, 15) is 18.0 Å². The van der Waals surface area contributed by atoms with Gasteiger partial charge in [0.15, 0.2) is 0 Å². The summed E-state index contributed by atoms with van der Waals surface area (Å²) in [6.45, 7) is 5.47. The van der Waals surface area contributed by atoms with E-state index < -0.39 is 24.2 Å². The van der Waals surface area contributed by atoms with Gasteiger partial charge in [-0.3, -0.25) is 0 Å². The van der Waals surface area contributed by atoms with Crippen molar-refractivity contribution in [2.24, 2.45) is 0 Å². The molecule has 0 saturated carbocycles. The number of hydrogen-bond acceptors (Lipinski definition) is 4. The van der Waals surface area contributed by atoms with Crippen LogP contribution in [0.4, 0.5) is 18.0 Å². The minimum absolute atomic E-state index is 0.130. The van der Waals surface area contributed by atoms with Crippen LogP contribution < -0.4 is 14.8 Å². The van der Waals surface area contributed by atoms with Crippen LogP contribution in [0.25, 0.3) is 0 Å². The van der Waals surface area contributed by atoms with Gasteiger partial charge >= 0.3 is 12.5 Å². The van der Waals surface area contributed by atoms with Crippen molar-refractivity contribution in [1.29, 1.82) is 0 Å². The molecule has 29 heavy (non-hydrogen) atoms. The molecule has 1 heterocycles. The van der Waals surface area contributed by atoms with Crippen molar-refractivity contribution < 1.29 is 32.2 Å². The van der Waals surface area contributed by atoms with Crippen molar-refractivity contribution in [3.63, 3.8) is 0 Å². The lowest BCUT2D eigenvalue weighted by molar-refractivity contribution is -0.274. The molecule has 8 heteroatoms. The Bertz CT molecular complexity index is 789. The molecule has 160 valence electrons. The molecule has 0 saturated heterocycles. The molecule has 1 aliphatic carbocycles. The fourth-order valence-electron chi connectivity index (χ4n) is 3.68. The predicted octanol–water partition coefficient (Wildman–Crippen LogP) is 5.28. The van der Waals surface area contributed by atoms with Gasteiger partial charge in [-0.15, -0.1) is 13.2 Å². The molecule has 1 N–H and O–H groups in total. The quantitative estimate of drug-likeness (QED) is 0.682. The Morgan fingerprint density at radius 3 is 2.72 bits per heavy atom. The van der Waals surface area contributed by atoms with Gasteiger partial charge in [-0.05, 0) is 64.7 Å². The van der Waals surface area contributed by atoms with Crippen molar-refractivity contribution in [1.82, 2.24) is 5.32 Å². The van der Waals surface area contributed by atoms with Crippen molar-refractivity contribution in [2.45, 2.75) is 77.0 Å². The van der Waals surface area contributed by atoms with Crippen molar-refractivity contribution in [2.75, 3.05) is 0 Å². The van der Waals surface area contributed by atoms with E-state index in [1.165, 1.54) is 23.8 Å². The van der Waals surface area contributed by atoms with Gasteiger partial charge in [0, 0.05) is 12.0 Å². The second-order valence-corrected chi connectivity index (χ2v) is 8.01. The molecule has 0 bridgehead atoms. The van der Waals surface area contributed by atoms with Gasteiger partial charge in [0.2, 0.25) is 0 Å². The fraction of sp³-hybridized carbons (Fsp3) is 0.571. The van der Waals surface area contributed by atoms with Crippen LogP contribution >= 0.6 is 0 Å². The molecule has 1 amide bonds. The Labute approximate surface area is 168 Å². The van der Waals surface area contributed by atoms with E-state index in [2.05, 4.69) is 16.1 Å². The maximum Gasteiger partial charge on any atom is 0.573 e. The number of ether oxygens (including phenoxy) is 3. The van der Waals surface area contributed by atoms with Crippen molar-refractivity contribution in [3.8, 4) is 11.5 Å². The smallest absolute Gasteiger partial charge is 0.484 e. The van der Waals surface area contributed by atoms with E-state index >= 15 is 0 Å². The van der Waals surface area contributed by atoms with Gasteiger partial charge in [0.1, 0.15) is 23.2 Å². The molecule has 1 aromatic carbocycles. The summed E-state index contributed by atoms with van der Waals surface area (Å²) in [5.74, 6) is 0.117. The normalized spacial score (nSPS) is 21.9. The van der Waals surface area contributed by atoms with Gasteiger partial charge in [-0.1, -0.05) is 11.6 Å². The number of hydrogen-bond donors (Lipinski definition) is 1. The maximum absolute atomic E-state index is 12.5. The number of nitrogens with one attached hydrogen (secondary N) is 1. The van der Waals surface area contributed by atoms with Crippen LogP contribution in [0.2, 0.25) is 0 Å². The third-order valence-electron chi connectivity index (χ3n) is 5.29. The van der Waals surface area contributed by atoms with E-state index in [0.29, 0.717) is 11.3 Å². The largest absolute Gasteiger partial charge is 0.573 e. The topological polar surface area (TPSA) is 56.8 Å². The second-order valence-electron chi connectivity index (χ2n) is 8.01. The Morgan fingerprint density at radius 2 is 2.07 bits per heavy atom. The highest BCUT2D eigenvalue weighted by atomic mass is 19.4. The number of fused-ring (bicyclic) bond motifs is 1. The first kappa shape index (κ1) is 21.3. The van der Waals surface area contributed by atoms with Gasteiger partial charge in [-0.25, -0.2) is 4.79 Å². The molecule has 1 aromatic rings. The highest BCUT2D eigenvalue weighted by Crippen LogP contribution is 2.37. The Hall–Kier alpha value is -2.38. The lowest BCUT2D eigenvalue weighted by Crippen LogP contribution is -2.50. The second kappa shape index (κ2) is 8.16. The summed E-state index contributed by atoms with van der Waals surface area (Å²) in [7, 11) is 0. The van der Waals surface area contributed by atoms with Gasteiger partial charge < -0.3 is 19.5 Å². The van der Waals surface area contributed by atoms with E-state index in [1.54, 1.807) is 13.8 Å². The molecular formula is C21H26F3NO4. The van der Waals surface area contributed by atoms with Crippen LogP contribution in [0.3, 0.4) is 0 Å². The Kier molecular flexibility index (Phi) is 6.00. The van der Waals surface area contributed by atoms with Gasteiger partial charge in [-0.2, -0.15) is 0 Å². The average molecular weight is 413 g/mol. The summed E-state index contributed by atoms with van der Waals surface area (Å²) in [6, 6.07) is 3.78. The number of halogens is 3. The first-order valence-corrected chi connectivity index (χ1v) is 9.77. The molecule has 5 nitrogen and oxygen atoms in total. The van der Waals surface area contributed by atoms with Crippen molar-refractivity contribution in [3.05, 3.63) is 35.4 Å². The van der Waals surface area contributed by atoms with Crippen LogP contribution in [-0.2, 0) is 11.2 Å². The van der Waals surface area contributed by atoms with E-state index in [-0.39, 0.29) is 18.2 Å². The first-order valence-electron chi connectivity index (χ1n) is 9.77. The zero-order valence-electron chi connectivity index (χ0n) is 16.8. The number of allylic oxidation sites excluding steroid dienone is 1. The summed E-state index contributed by atoms with van der Waals surface area (Å²) in [5, 5.41) is 2.84. The molecule has 0 radical (unpaired) electrons. The molecule has 2 atom stereocenters. The Morgan fingerprint density at radius 1 is 1.31 bits per heavy atom. The lowest BCUT2D eigenvalue weighted by atomic mass is 9.91. The summed E-state index contributed by atoms with van der Waals surface area (Å²) in [4.78, 5) is 12.4. The fourth-order valence-corrected chi connectivity index (χ4v) is 3.68. The number of alkyl halides is 3. The summed E-state index contributed by atoms with van der Waals surface area (Å²) in [6.07, 6.45) is 0.600. The standard InChI is InChI=1S/C21H26F3NO4/c1-13(14-7-5-4-6-8-14)25-19(26)27-18-12-15-11-16(28-21(22,23)24)9-10-17(15)29-20(18,2)3/h7,9-11,13,18H,4-6,8,12H2,1-3H3,(H,25,26)/t13-,18+/m0/s1.